The number of hydrogen-bond donors (Lipinski definition) is 1. The van der Waals surface area contributed by atoms with Gasteiger partial charge in [-0.3, -0.25) is 9.10 Å². The Balaban J connectivity index is 1.73. The van der Waals surface area contributed by atoms with E-state index in [-0.39, 0.29) is 10.6 Å². The normalized spacial score (nSPS) is 12.8. The number of thiophene rings is 1. The van der Waals surface area contributed by atoms with Gasteiger partial charge in [0.15, 0.2) is 11.5 Å². The van der Waals surface area contributed by atoms with Gasteiger partial charge in [0.2, 0.25) is 5.91 Å². The van der Waals surface area contributed by atoms with Crippen LogP contribution in [0.4, 0.5) is 10.7 Å². The number of anilines is 2. The summed E-state index contributed by atoms with van der Waals surface area (Å²) in [6.07, 6.45) is 3.51. The maximum Gasteiger partial charge on any atom is 0.341 e. The number of nitrogens with one attached hydrogen (secondary N) is 1. The molecule has 39 heavy (non-hydrogen) atoms. The van der Waals surface area contributed by atoms with Crippen molar-refractivity contribution in [2.45, 2.75) is 44.4 Å². The third kappa shape index (κ3) is 5.89. The van der Waals surface area contributed by atoms with Gasteiger partial charge in [0.25, 0.3) is 10.0 Å². The van der Waals surface area contributed by atoms with Crippen molar-refractivity contribution >= 4 is 43.9 Å². The summed E-state index contributed by atoms with van der Waals surface area (Å²) in [5, 5.41) is 3.18. The highest BCUT2D eigenvalue weighted by molar-refractivity contribution is 7.92. The van der Waals surface area contributed by atoms with E-state index < -0.39 is 28.4 Å². The van der Waals surface area contributed by atoms with Gasteiger partial charge >= 0.3 is 5.97 Å². The van der Waals surface area contributed by atoms with Gasteiger partial charge in [-0.25, -0.2) is 13.2 Å². The van der Waals surface area contributed by atoms with Gasteiger partial charge in [0.1, 0.15) is 11.5 Å². The number of benzene rings is 2. The first-order valence-electron chi connectivity index (χ1n) is 12.4. The zero-order valence-corrected chi connectivity index (χ0v) is 24.3. The van der Waals surface area contributed by atoms with Crippen molar-refractivity contribution in [3.05, 3.63) is 63.5 Å². The fraction of sp³-hybridized carbons (Fsp3) is 0.357. The van der Waals surface area contributed by atoms with Gasteiger partial charge < -0.3 is 19.5 Å². The first kappa shape index (κ1) is 28.4. The van der Waals surface area contributed by atoms with Crippen LogP contribution in [0.25, 0.3) is 0 Å². The Bertz CT molecular complexity index is 1490. The molecule has 0 saturated carbocycles. The molecule has 0 aliphatic heterocycles. The Labute approximate surface area is 232 Å². The van der Waals surface area contributed by atoms with E-state index in [1.165, 1.54) is 50.9 Å². The van der Waals surface area contributed by atoms with E-state index >= 15 is 0 Å². The van der Waals surface area contributed by atoms with Crippen molar-refractivity contribution in [2.24, 2.45) is 0 Å². The van der Waals surface area contributed by atoms with Crippen molar-refractivity contribution in [1.29, 1.82) is 0 Å². The molecule has 0 bridgehead atoms. The second-order valence-electron chi connectivity index (χ2n) is 9.33. The molecule has 1 amide bonds. The smallest absolute Gasteiger partial charge is 0.341 e. The summed E-state index contributed by atoms with van der Waals surface area (Å²) >= 11 is 1.34. The number of carbonyl (C=O) groups excluding carboxylic acids is 2. The van der Waals surface area contributed by atoms with Crippen LogP contribution in [-0.4, -0.2) is 48.2 Å². The molecule has 1 aromatic heterocycles. The largest absolute Gasteiger partial charge is 0.493 e. The number of aryl methyl sites for hydroxylation is 3. The second-order valence-corrected chi connectivity index (χ2v) is 12.3. The van der Waals surface area contributed by atoms with Crippen molar-refractivity contribution < 1.29 is 32.2 Å². The monoisotopic (exact) mass is 572 g/mol. The third-order valence-corrected chi connectivity index (χ3v) is 9.52. The molecule has 208 valence electrons. The summed E-state index contributed by atoms with van der Waals surface area (Å²) in [5.41, 5.74) is 3.29. The van der Waals surface area contributed by atoms with Crippen LogP contribution in [-0.2, 0) is 32.4 Å². The zero-order valence-electron chi connectivity index (χ0n) is 22.6. The molecule has 1 aliphatic rings. The molecule has 0 unspecified atom stereocenters. The van der Waals surface area contributed by atoms with E-state index in [1.54, 1.807) is 12.1 Å². The van der Waals surface area contributed by atoms with Crippen LogP contribution in [0.5, 0.6) is 11.5 Å². The SMILES string of the molecule is COC(=O)c1c(NC(=O)CN(c2cc(C)cc(C)c2)S(=O)(=O)c2ccc(OC)c(OC)c2)sc2c1CCCC2. The molecular formula is C28H32N2O7S2. The number of fused-ring (bicyclic) bond motifs is 1. The van der Waals surface area contributed by atoms with E-state index in [9.17, 15) is 18.0 Å². The number of sulfonamides is 1. The fourth-order valence-electron chi connectivity index (χ4n) is 4.78. The topological polar surface area (TPSA) is 111 Å². The molecule has 3 aromatic rings. The second kappa shape index (κ2) is 11.7. The van der Waals surface area contributed by atoms with E-state index in [0.29, 0.717) is 22.0 Å². The summed E-state index contributed by atoms with van der Waals surface area (Å²) < 4.78 is 44.6. The molecular weight excluding hydrogens is 540 g/mol. The molecule has 0 spiro atoms. The van der Waals surface area contributed by atoms with Gasteiger partial charge in [-0.1, -0.05) is 6.07 Å². The number of hydrogen-bond acceptors (Lipinski definition) is 8. The van der Waals surface area contributed by atoms with E-state index in [1.807, 2.05) is 19.9 Å². The van der Waals surface area contributed by atoms with Gasteiger partial charge in [0, 0.05) is 10.9 Å². The molecule has 0 atom stereocenters. The van der Waals surface area contributed by atoms with E-state index in [0.717, 1.165) is 51.6 Å². The summed E-state index contributed by atoms with van der Waals surface area (Å²) in [4.78, 5) is 27.0. The summed E-state index contributed by atoms with van der Waals surface area (Å²) in [6, 6.07) is 9.62. The quantitative estimate of drug-likeness (QED) is 0.364. The van der Waals surface area contributed by atoms with Gasteiger partial charge in [-0.2, -0.15) is 0 Å². The number of methoxy groups -OCH3 is 3. The lowest BCUT2D eigenvalue weighted by Gasteiger charge is -2.25. The molecule has 2 aromatic carbocycles. The Hall–Kier alpha value is -3.57. The van der Waals surface area contributed by atoms with Crippen molar-refractivity contribution in [3.8, 4) is 11.5 Å². The first-order chi connectivity index (χ1) is 18.6. The molecule has 1 N–H and O–H groups in total. The molecule has 1 heterocycles. The summed E-state index contributed by atoms with van der Waals surface area (Å²) in [6.45, 7) is 3.20. The number of carbonyl (C=O) groups is 2. The number of nitrogens with zero attached hydrogens (tertiary/aromatic N) is 1. The van der Waals surface area contributed by atoms with Gasteiger partial charge in [0.05, 0.1) is 37.5 Å². The lowest BCUT2D eigenvalue weighted by Crippen LogP contribution is -2.38. The standard InChI is InChI=1S/C28H32N2O7S2/c1-17-12-18(2)14-19(13-17)30(39(33,34)20-10-11-22(35-3)23(15-20)36-4)16-25(31)29-27-26(28(32)37-5)21-8-6-7-9-24(21)38-27/h10-15H,6-9,16H2,1-5H3,(H,29,31). The molecule has 1 aliphatic carbocycles. The predicted octanol–water partition coefficient (Wildman–Crippen LogP) is 4.88. The average molecular weight is 573 g/mol. The molecule has 9 nitrogen and oxygen atoms in total. The van der Waals surface area contributed by atoms with Crippen molar-refractivity contribution in [2.75, 3.05) is 37.5 Å². The van der Waals surface area contributed by atoms with Crippen LogP contribution in [0.3, 0.4) is 0 Å². The molecule has 0 radical (unpaired) electrons. The highest BCUT2D eigenvalue weighted by Crippen LogP contribution is 2.39. The average Bonchev–Trinajstić information content (AvgIpc) is 3.27. The lowest BCUT2D eigenvalue weighted by atomic mass is 9.95. The molecule has 0 saturated heterocycles. The Morgan fingerprint density at radius 3 is 2.26 bits per heavy atom. The number of amides is 1. The Morgan fingerprint density at radius 1 is 0.949 bits per heavy atom. The first-order valence-corrected chi connectivity index (χ1v) is 14.7. The maximum atomic E-state index is 14.0. The summed E-state index contributed by atoms with van der Waals surface area (Å²) in [7, 11) is -0.0323. The highest BCUT2D eigenvalue weighted by Gasteiger charge is 2.31. The summed E-state index contributed by atoms with van der Waals surface area (Å²) in [5.74, 6) is -0.477. The van der Waals surface area contributed by atoms with Crippen LogP contribution in [0.2, 0.25) is 0 Å². The number of esters is 1. The van der Waals surface area contributed by atoms with Crippen molar-refractivity contribution in [3.63, 3.8) is 0 Å². The number of rotatable bonds is 9. The number of ether oxygens (including phenoxy) is 3. The van der Waals surface area contributed by atoms with Crippen LogP contribution >= 0.6 is 11.3 Å². The van der Waals surface area contributed by atoms with Crippen LogP contribution in [0.1, 0.15) is 44.8 Å². The molecule has 0 fully saturated rings. The minimum Gasteiger partial charge on any atom is -0.493 e. The van der Waals surface area contributed by atoms with Crippen LogP contribution in [0, 0.1) is 13.8 Å². The predicted molar refractivity (Wildman–Crippen MR) is 151 cm³/mol. The van der Waals surface area contributed by atoms with Crippen molar-refractivity contribution in [1.82, 2.24) is 0 Å². The minimum atomic E-state index is -4.22. The highest BCUT2D eigenvalue weighted by atomic mass is 32.2. The Morgan fingerprint density at radius 2 is 1.62 bits per heavy atom. The lowest BCUT2D eigenvalue weighted by molar-refractivity contribution is -0.114. The molecule has 11 heteroatoms. The molecule has 4 rings (SSSR count). The van der Waals surface area contributed by atoms with E-state index in [2.05, 4.69) is 5.32 Å². The maximum absolute atomic E-state index is 14.0. The third-order valence-electron chi connectivity index (χ3n) is 6.54. The van der Waals surface area contributed by atoms with Crippen LogP contribution < -0.4 is 19.1 Å². The van der Waals surface area contributed by atoms with Crippen LogP contribution in [0.15, 0.2) is 41.3 Å². The van der Waals surface area contributed by atoms with Gasteiger partial charge in [-0.05, 0) is 80.5 Å². The fourth-order valence-corrected chi connectivity index (χ4v) is 7.50. The van der Waals surface area contributed by atoms with E-state index in [4.69, 9.17) is 14.2 Å². The van der Waals surface area contributed by atoms with Gasteiger partial charge in [-0.15, -0.1) is 11.3 Å². The Kier molecular flexibility index (Phi) is 8.51. The minimum absolute atomic E-state index is 0.0612. The zero-order chi connectivity index (χ0) is 28.3.